The van der Waals surface area contributed by atoms with Gasteiger partial charge in [0.15, 0.2) is 0 Å². The number of thioether (sulfide) groups is 2. The number of rotatable bonds is 9. The molecule has 0 aromatic carbocycles. The number of hydrogen-bond donors (Lipinski definition) is 0. The summed E-state index contributed by atoms with van der Waals surface area (Å²) in [4.78, 5) is 11.4. The smallest absolute Gasteiger partial charge is 0.306 e. The highest BCUT2D eigenvalue weighted by atomic mass is 79.9. The SMILES string of the molecule is COC(=O)CCSCCSCC[C@H](C)Br. The summed E-state index contributed by atoms with van der Waals surface area (Å²) in [6.45, 7) is 2.17. The van der Waals surface area contributed by atoms with E-state index in [4.69, 9.17) is 0 Å². The van der Waals surface area contributed by atoms with Gasteiger partial charge in [0, 0.05) is 22.1 Å². The molecule has 0 saturated carbocycles. The molecule has 90 valence electrons. The average molecular weight is 315 g/mol. The first kappa shape index (κ1) is 15.7. The Morgan fingerprint density at radius 1 is 1.27 bits per heavy atom. The number of ether oxygens (including phenoxy) is 1. The van der Waals surface area contributed by atoms with E-state index in [2.05, 4.69) is 27.6 Å². The van der Waals surface area contributed by atoms with Crippen LogP contribution in [-0.2, 0) is 9.53 Å². The van der Waals surface area contributed by atoms with Crippen LogP contribution in [0.1, 0.15) is 19.8 Å². The Hall–Kier alpha value is 0.650. The zero-order chi connectivity index (χ0) is 11.5. The topological polar surface area (TPSA) is 26.3 Å². The Labute approximate surface area is 109 Å². The molecule has 0 amide bonds. The van der Waals surface area contributed by atoms with Crippen LogP contribution in [0.5, 0.6) is 0 Å². The van der Waals surface area contributed by atoms with Gasteiger partial charge in [-0.3, -0.25) is 4.79 Å². The molecule has 0 fully saturated rings. The Morgan fingerprint density at radius 3 is 2.40 bits per heavy atom. The van der Waals surface area contributed by atoms with Crippen LogP contribution in [0, 0.1) is 0 Å². The first-order valence-electron chi connectivity index (χ1n) is 5.03. The lowest BCUT2D eigenvalue weighted by molar-refractivity contribution is -0.140. The molecule has 0 N–H and O–H groups in total. The summed E-state index contributed by atoms with van der Waals surface area (Å²) >= 11 is 7.32. The van der Waals surface area contributed by atoms with Crippen LogP contribution < -0.4 is 0 Å². The predicted octanol–water partition coefficient (Wildman–Crippen LogP) is 3.19. The predicted molar refractivity (Wildman–Crippen MR) is 74.3 cm³/mol. The third-order valence-corrected chi connectivity index (χ3v) is 4.43. The number of carbonyl (C=O) groups is 1. The number of halogens is 1. The lowest BCUT2D eigenvalue weighted by Gasteiger charge is -2.03. The summed E-state index contributed by atoms with van der Waals surface area (Å²) in [6, 6.07) is 0. The molecule has 0 spiro atoms. The Balaban J connectivity index is 3.02. The van der Waals surface area contributed by atoms with E-state index in [0.29, 0.717) is 11.2 Å². The molecule has 0 radical (unpaired) electrons. The van der Waals surface area contributed by atoms with Crippen molar-refractivity contribution in [2.75, 3.05) is 30.1 Å². The van der Waals surface area contributed by atoms with E-state index >= 15 is 0 Å². The van der Waals surface area contributed by atoms with Crippen molar-refractivity contribution in [2.45, 2.75) is 24.6 Å². The molecule has 0 heterocycles. The van der Waals surface area contributed by atoms with Crippen LogP contribution in [0.3, 0.4) is 0 Å². The van der Waals surface area contributed by atoms with Crippen molar-refractivity contribution in [1.82, 2.24) is 0 Å². The molecule has 0 rings (SSSR count). The second kappa shape index (κ2) is 11.1. The van der Waals surface area contributed by atoms with Gasteiger partial charge < -0.3 is 4.74 Å². The standard InChI is InChI=1S/C10H19BrO2S2/c1-9(11)3-5-14-7-8-15-6-4-10(12)13-2/h9H,3-8H2,1-2H3/t9-/m0/s1. The first-order valence-corrected chi connectivity index (χ1v) is 8.25. The van der Waals surface area contributed by atoms with Crippen LogP contribution in [0.2, 0.25) is 0 Å². The quantitative estimate of drug-likeness (QED) is 0.371. The van der Waals surface area contributed by atoms with Crippen LogP contribution in [0.15, 0.2) is 0 Å². The van der Waals surface area contributed by atoms with E-state index in [-0.39, 0.29) is 5.97 Å². The van der Waals surface area contributed by atoms with E-state index in [1.54, 1.807) is 0 Å². The van der Waals surface area contributed by atoms with E-state index in [0.717, 1.165) is 11.5 Å². The second-order valence-electron chi connectivity index (χ2n) is 3.12. The van der Waals surface area contributed by atoms with Gasteiger partial charge in [-0.25, -0.2) is 0 Å². The van der Waals surface area contributed by atoms with Crippen molar-refractivity contribution in [2.24, 2.45) is 0 Å². The lowest BCUT2D eigenvalue weighted by atomic mass is 10.4. The molecular weight excluding hydrogens is 296 g/mol. The fourth-order valence-corrected chi connectivity index (χ4v) is 3.54. The van der Waals surface area contributed by atoms with E-state index in [9.17, 15) is 4.79 Å². The Morgan fingerprint density at radius 2 is 1.87 bits per heavy atom. The molecule has 2 nitrogen and oxygen atoms in total. The van der Waals surface area contributed by atoms with E-state index in [1.165, 1.54) is 25.0 Å². The molecule has 0 bridgehead atoms. The highest BCUT2D eigenvalue weighted by Gasteiger charge is 1.99. The maximum atomic E-state index is 10.8. The third-order valence-electron chi connectivity index (χ3n) is 1.71. The fourth-order valence-electron chi connectivity index (χ4n) is 0.825. The molecule has 5 heteroatoms. The van der Waals surface area contributed by atoms with Crippen LogP contribution >= 0.6 is 39.5 Å². The van der Waals surface area contributed by atoms with Gasteiger partial charge in [0.2, 0.25) is 0 Å². The van der Waals surface area contributed by atoms with Gasteiger partial charge in [-0.05, 0) is 12.2 Å². The summed E-state index contributed by atoms with van der Waals surface area (Å²) in [5, 5.41) is 0. The summed E-state index contributed by atoms with van der Waals surface area (Å²) in [5.74, 6) is 4.28. The van der Waals surface area contributed by atoms with E-state index < -0.39 is 0 Å². The highest BCUT2D eigenvalue weighted by Crippen LogP contribution is 2.12. The fraction of sp³-hybridized carbons (Fsp3) is 0.900. The molecule has 0 unspecified atom stereocenters. The van der Waals surface area contributed by atoms with Crippen molar-refractivity contribution in [3.63, 3.8) is 0 Å². The molecule has 0 aliphatic heterocycles. The molecule has 0 saturated heterocycles. The second-order valence-corrected chi connectivity index (χ2v) is 7.13. The van der Waals surface area contributed by atoms with Gasteiger partial charge >= 0.3 is 5.97 Å². The van der Waals surface area contributed by atoms with Crippen molar-refractivity contribution < 1.29 is 9.53 Å². The monoisotopic (exact) mass is 314 g/mol. The molecule has 0 aliphatic carbocycles. The summed E-state index contributed by atoms with van der Waals surface area (Å²) in [5.41, 5.74) is 0. The van der Waals surface area contributed by atoms with Gasteiger partial charge in [0.1, 0.15) is 0 Å². The van der Waals surface area contributed by atoms with Crippen LogP contribution in [0.4, 0.5) is 0 Å². The summed E-state index contributed by atoms with van der Waals surface area (Å²) in [7, 11) is 1.43. The van der Waals surface area contributed by atoms with Gasteiger partial charge in [-0.1, -0.05) is 22.9 Å². The summed E-state index contributed by atoms with van der Waals surface area (Å²) in [6.07, 6.45) is 1.75. The number of carbonyl (C=O) groups excluding carboxylic acids is 1. The van der Waals surface area contributed by atoms with Crippen molar-refractivity contribution in [1.29, 1.82) is 0 Å². The van der Waals surface area contributed by atoms with Crippen molar-refractivity contribution >= 4 is 45.4 Å². The third kappa shape index (κ3) is 12.6. The van der Waals surface area contributed by atoms with E-state index in [1.807, 2.05) is 23.5 Å². The number of hydrogen-bond acceptors (Lipinski definition) is 4. The zero-order valence-electron chi connectivity index (χ0n) is 9.33. The first-order chi connectivity index (χ1) is 7.16. The zero-order valence-corrected chi connectivity index (χ0v) is 12.5. The minimum Gasteiger partial charge on any atom is -0.469 e. The lowest BCUT2D eigenvalue weighted by Crippen LogP contribution is -2.02. The normalized spacial score (nSPS) is 12.5. The molecule has 0 aliphatic rings. The number of alkyl halides is 1. The van der Waals surface area contributed by atoms with Crippen molar-refractivity contribution in [3.8, 4) is 0 Å². The molecule has 15 heavy (non-hydrogen) atoms. The Kier molecular flexibility index (Phi) is 11.6. The Bertz CT molecular complexity index is 166. The maximum absolute atomic E-state index is 10.8. The average Bonchev–Trinajstić information content (AvgIpc) is 2.21. The maximum Gasteiger partial charge on any atom is 0.306 e. The van der Waals surface area contributed by atoms with Gasteiger partial charge in [-0.2, -0.15) is 23.5 Å². The van der Waals surface area contributed by atoms with Gasteiger partial charge in [0.25, 0.3) is 0 Å². The highest BCUT2D eigenvalue weighted by molar-refractivity contribution is 9.09. The molecule has 0 aromatic rings. The van der Waals surface area contributed by atoms with Crippen molar-refractivity contribution in [3.05, 3.63) is 0 Å². The molecule has 0 aromatic heterocycles. The molecule has 1 atom stereocenters. The van der Waals surface area contributed by atoms with Gasteiger partial charge in [0.05, 0.1) is 13.5 Å². The minimum atomic E-state index is -0.108. The number of esters is 1. The largest absolute Gasteiger partial charge is 0.469 e. The van der Waals surface area contributed by atoms with Crippen LogP contribution in [0.25, 0.3) is 0 Å². The van der Waals surface area contributed by atoms with Crippen LogP contribution in [-0.4, -0.2) is 40.9 Å². The number of methoxy groups -OCH3 is 1. The minimum absolute atomic E-state index is 0.108. The molecular formula is C10H19BrO2S2. The summed E-state index contributed by atoms with van der Waals surface area (Å²) < 4.78 is 4.56. The van der Waals surface area contributed by atoms with Gasteiger partial charge in [-0.15, -0.1) is 0 Å².